The van der Waals surface area contributed by atoms with Crippen molar-refractivity contribution in [2.75, 3.05) is 5.73 Å². The zero-order valence-electron chi connectivity index (χ0n) is 7.34. The third-order valence-corrected chi connectivity index (χ3v) is 3.11. The van der Waals surface area contributed by atoms with Gasteiger partial charge in [-0.1, -0.05) is 40.2 Å². The Morgan fingerprint density at radius 1 is 1.15 bits per heavy atom. The average Bonchev–Trinajstić information content (AvgIpc) is 2.15. The highest BCUT2D eigenvalue weighted by Gasteiger charge is 2.03. The number of benzene rings is 2. The van der Waals surface area contributed by atoms with Crippen molar-refractivity contribution in [2.24, 2.45) is 0 Å². The fourth-order valence-electron chi connectivity index (χ4n) is 1.51. The maximum atomic E-state index is 5.90. The molecule has 2 N–H and O–H groups in total. The topological polar surface area (TPSA) is 26.0 Å². The summed E-state index contributed by atoms with van der Waals surface area (Å²) in [6.45, 7) is 2.09. The maximum absolute atomic E-state index is 5.90. The number of fused-ring (bicyclic) bond motifs is 1. The molecule has 0 bridgehead atoms. The molecule has 0 fully saturated rings. The van der Waals surface area contributed by atoms with E-state index in [2.05, 4.69) is 28.9 Å². The van der Waals surface area contributed by atoms with Crippen LogP contribution in [0.3, 0.4) is 0 Å². The van der Waals surface area contributed by atoms with Crippen molar-refractivity contribution in [3.8, 4) is 0 Å². The van der Waals surface area contributed by atoms with Crippen molar-refractivity contribution < 1.29 is 0 Å². The Morgan fingerprint density at radius 3 is 2.46 bits per heavy atom. The highest BCUT2D eigenvalue weighted by Crippen LogP contribution is 2.30. The lowest BCUT2D eigenvalue weighted by Crippen LogP contribution is -1.89. The van der Waals surface area contributed by atoms with E-state index in [1.807, 2.05) is 24.3 Å². The van der Waals surface area contributed by atoms with Gasteiger partial charge in [-0.2, -0.15) is 0 Å². The van der Waals surface area contributed by atoms with E-state index in [4.69, 9.17) is 5.73 Å². The van der Waals surface area contributed by atoms with Gasteiger partial charge in [-0.05, 0) is 23.9 Å². The van der Waals surface area contributed by atoms with Gasteiger partial charge in [0.15, 0.2) is 0 Å². The summed E-state index contributed by atoms with van der Waals surface area (Å²) in [6, 6.07) is 10.1. The first kappa shape index (κ1) is 8.57. The SMILES string of the molecule is Cc1c(Br)cc(N)c2ccccc12. The van der Waals surface area contributed by atoms with Gasteiger partial charge in [-0.3, -0.25) is 0 Å². The van der Waals surface area contributed by atoms with Crippen LogP contribution in [0.5, 0.6) is 0 Å². The maximum Gasteiger partial charge on any atom is 0.0405 e. The molecule has 0 radical (unpaired) electrons. The van der Waals surface area contributed by atoms with Crippen LogP contribution in [-0.4, -0.2) is 0 Å². The summed E-state index contributed by atoms with van der Waals surface area (Å²) in [5.74, 6) is 0. The number of hydrogen-bond donors (Lipinski definition) is 1. The summed E-state index contributed by atoms with van der Waals surface area (Å²) in [7, 11) is 0. The molecule has 0 amide bonds. The Morgan fingerprint density at radius 2 is 1.77 bits per heavy atom. The van der Waals surface area contributed by atoms with E-state index in [0.29, 0.717) is 0 Å². The normalized spacial score (nSPS) is 10.6. The third-order valence-electron chi connectivity index (χ3n) is 2.28. The summed E-state index contributed by atoms with van der Waals surface area (Å²) < 4.78 is 1.07. The first-order valence-corrected chi connectivity index (χ1v) is 4.93. The molecule has 0 spiro atoms. The molecule has 0 saturated carbocycles. The highest BCUT2D eigenvalue weighted by atomic mass is 79.9. The molecule has 2 heteroatoms. The van der Waals surface area contributed by atoms with Gasteiger partial charge in [-0.25, -0.2) is 0 Å². The number of anilines is 1. The van der Waals surface area contributed by atoms with Crippen LogP contribution in [0.15, 0.2) is 34.8 Å². The fourth-order valence-corrected chi connectivity index (χ4v) is 1.97. The van der Waals surface area contributed by atoms with Crippen LogP contribution < -0.4 is 5.73 Å². The van der Waals surface area contributed by atoms with Crippen molar-refractivity contribution in [2.45, 2.75) is 6.92 Å². The van der Waals surface area contributed by atoms with Gasteiger partial charge >= 0.3 is 0 Å². The van der Waals surface area contributed by atoms with Gasteiger partial charge in [0.2, 0.25) is 0 Å². The zero-order chi connectivity index (χ0) is 9.42. The highest BCUT2D eigenvalue weighted by molar-refractivity contribution is 9.10. The van der Waals surface area contributed by atoms with E-state index >= 15 is 0 Å². The zero-order valence-corrected chi connectivity index (χ0v) is 8.93. The van der Waals surface area contributed by atoms with Crippen LogP contribution in [0.25, 0.3) is 10.8 Å². The number of rotatable bonds is 0. The molecule has 0 atom stereocenters. The number of hydrogen-bond acceptors (Lipinski definition) is 1. The van der Waals surface area contributed by atoms with Crippen LogP contribution in [0.4, 0.5) is 5.69 Å². The van der Waals surface area contributed by atoms with Gasteiger partial charge < -0.3 is 5.73 Å². The van der Waals surface area contributed by atoms with E-state index in [0.717, 1.165) is 15.5 Å². The molecule has 0 aliphatic carbocycles. The van der Waals surface area contributed by atoms with Crippen LogP contribution in [-0.2, 0) is 0 Å². The molecule has 0 aliphatic rings. The smallest absolute Gasteiger partial charge is 0.0405 e. The lowest BCUT2D eigenvalue weighted by molar-refractivity contribution is 1.49. The summed E-state index contributed by atoms with van der Waals surface area (Å²) in [6.07, 6.45) is 0. The van der Waals surface area contributed by atoms with E-state index < -0.39 is 0 Å². The molecule has 2 aromatic carbocycles. The Hall–Kier alpha value is -1.02. The monoisotopic (exact) mass is 235 g/mol. The minimum Gasteiger partial charge on any atom is -0.398 e. The van der Waals surface area contributed by atoms with E-state index in [1.165, 1.54) is 10.9 Å². The molecule has 2 aromatic rings. The van der Waals surface area contributed by atoms with E-state index in [-0.39, 0.29) is 0 Å². The van der Waals surface area contributed by atoms with Gasteiger partial charge in [0.05, 0.1) is 0 Å². The van der Waals surface area contributed by atoms with Gasteiger partial charge in [-0.15, -0.1) is 0 Å². The molecular formula is C11H10BrN. The second-order valence-electron chi connectivity index (χ2n) is 3.12. The summed E-state index contributed by atoms with van der Waals surface area (Å²) in [5.41, 5.74) is 7.96. The van der Waals surface area contributed by atoms with Crippen LogP contribution in [0, 0.1) is 6.92 Å². The summed E-state index contributed by atoms with van der Waals surface area (Å²) in [5, 5.41) is 2.34. The molecular weight excluding hydrogens is 226 g/mol. The molecule has 1 nitrogen and oxygen atoms in total. The summed E-state index contributed by atoms with van der Waals surface area (Å²) >= 11 is 3.49. The second kappa shape index (κ2) is 3.04. The molecule has 2 rings (SSSR count). The molecule has 0 saturated heterocycles. The van der Waals surface area contributed by atoms with Crippen molar-refractivity contribution >= 4 is 32.4 Å². The van der Waals surface area contributed by atoms with Gasteiger partial charge in [0.25, 0.3) is 0 Å². The Balaban J connectivity index is 2.97. The van der Waals surface area contributed by atoms with E-state index in [1.54, 1.807) is 0 Å². The summed E-state index contributed by atoms with van der Waals surface area (Å²) in [4.78, 5) is 0. The lowest BCUT2D eigenvalue weighted by atomic mass is 10.0. The minimum atomic E-state index is 0.827. The van der Waals surface area contributed by atoms with Crippen LogP contribution >= 0.6 is 15.9 Å². The van der Waals surface area contributed by atoms with Gasteiger partial charge in [0.1, 0.15) is 0 Å². The van der Waals surface area contributed by atoms with E-state index in [9.17, 15) is 0 Å². The molecule has 0 unspecified atom stereocenters. The van der Waals surface area contributed by atoms with Crippen molar-refractivity contribution in [1.82, 2.24) is 0 Å². The Kier molecular flexibility index (Phi) is 2.00. The fraction of sp³-hybridized carbons (Fsp3) is 0.0909. The Labute approximate surface area is 85.7 Å². The van der Waals surface area contributed by atoms with Gasteiger partial charge in [0, 0.05) is 15.5 Å². The first-order chi connectivity index (χ1) is 6.20. The Bertz CT molecular complexity index is 463. The first-order valence-electron chi connectivity index (χ1n) is 4.13. The quantitative estimate of drug-likeness (QED) is 0.696. The minimum absolute atomic E-state index is 0.827. The molecule has 66 valence electrons. The van der Waals surface area contributed by atoms with Crippen molar-refractivity contribution in [3.63, 3.8) is 0 Å². The third kappa shape index (κ3) is 1.31. The number of halogens is 1. The molecule has 13 heavy (non-hydrogen) atoms. The molecule has 0 aliphatic heterocycles. The largest absolute Gasteiger partial charge is 0.398 e. The standard InChI is InChI=1S/C11H10BrN/c1-7-8-4-2-3-5-9(8)11(13)6-10(7)12/h2-6H,13H2,1H3. The van der Waals surface area contributed by atoms with Crippen LogP contribution in [0.2, 0.25) is 0 Å². The predicted octanol–water partition coefficient (Wildman–Crippen LogP) is 3.49. The van der Waals surface area contributed by atoms with Crippen molar-refractivity contribution in [1.29, 1.82) is 0 Å². The van der Waals surface area contributed by atoms with Crippen LogP contribution in [0.1, 0.15) is 5.56 Å². The predicted molar refractivity (Wildman–Crippen MR) is 60.8 cm³/mol. The number of aryl methyl sites for hydroxylation is 1. The molecule has 0 heterocycles. The molecule has 0 aromatic heterocycles. The van der Waals surface area contributed by atoms with Crippen molar-refractivity contribution in [3.05, 3.63) is 40.4 Å². The second-order valence-corrected chi connectivity index (χ2v) is 3.97. The lowest BCUT2D eigenvalue weighted by Gasteiger charge is -2.07. The average molecular weight is 236 g/mol. The number of nitrogen functional groups attached to an aromatic ring is 1. The number of nitrogens with two attached hydrogens (primary N) is 1.